The Kier molecular flexibility index (Phi) is 7.11. The second kappa shape index (κ2) is 10.5. The number of primary amides is 1. The first kappa shape index (κ1) is 25.8. The van der Waals surface area contributed by atoms with Crippen LogP contribution in [-0.2, 0) is 6.73 Å². The summed E-state index contributed by atoms with van der Waals surface area (Å²) in [6.07, 6.45) is -1.41. The zero-order chi connectivity index (χ0) is 27.0. The van der Waals surface area contributed by atoms with Gasteiger partial charge in [0.2, 0.25) is 0 Å². The van der Waals surface area contributed by atoms with E-state index in [1.54, 1.807) is 30.3 Å². The van der Waals surface area contributed by atoms with E-state index in [1.807, 2.05) is 13.0 Å². The van der Waals surface area contributed by atoms with Crippen molar-refractivity contribution in [3.8, 4) is 16.2 Å². The number of nitrogens with two attached hydrogens (primary N) is 1. The van der Waals surface area contributed by atoms with Crippen molar-refractivity contribution in [2.75, 3.05) is 5.32 Å². The first-order chi connectivity index (χ1) is 18.2. The maximum Gasteiger partial charge on any atom is 0.280 e. The van der Waals surface area contributed by atoms with Crippen LogP contribution in [0.15, 0.2) is 54.7 Å². The van der Waals surface area contributed by atoms with E-state index in [0.29, 0.717) is 26.6 Å². The molecule has 38 heavy (non-hydrogen) atoms. The van der Waals surface area contributed by atoms with Crippen molar-refractivity contribution in [1.82, 2.24) is 14.8 Å². The lowest BCUT2D eigenvalue weighted by molar-refractivity contribution is 0.100. The van der Waals surface area contributed by atoms with Crippen LogP contribution < -0.4 is 15.8 Å². The molecule has 3 N–H and O–H groups in total. The number of nitrogens with one attached hydrogen (secondary N) is 1. The lowest BCUT2D eigenvalue weighted by Crippen LogP contribution is -2.21. The Morgan fingerprint density at radius 2 is 1.97 bits per heavy atom. The SMILES string of the molecule is Cc1ccc(-c2cc(C(F)F)nc3sc(C(N)=O)c(NC(=O)c4ccnn4COc4ccccc4Cl)c23)s1. The van der Waals surface area contributed by atoms with Gasteiger partial charge in [-0.2, -0.15) is 5.10 Å². The number of para-hydroxylation sites is 1. The lowest BCUT2D eigenvalue weighted by atomic mass is 10.1. The number of aryl methyl sites for hydroxylation is 1. The molecular formula is C25H18ClF2N5O3S2. The summed E-state index contributed by atoms with van der Waals surface area (Å²) >= 11 is 8.36. The number of carbonyl (C=O) groups is 2. The van der Waals surface area contributed by atoms with Gasteiger partial charge in [0.15, 0.2) is 6.73 Å². The molecule has 5 rings (SSSR count). The fourth-order valence-corrected chi connectivity index (χ4v) is 5.89. The van der Waals surface area contributed by atoms with Crippen molar-refractivity contribution in [2.24, 2.45) is 5.73 Å². The summed E-state index contributed by atoms with van der Waals surface area (Å²) < 4.78 is 34.4. The molecular weight excluding hydrogens is 556 g/mol. The minimum Gasteiger partial charge on any atom is -0.470 e. The molecule has 2 amide bonds. The Morgan fingerprint density at radius 1 is 1.18 bits per heavy atom. The molecule has 0 spiro atoms. The second-order valence-electron chi connectivity index (χ2n) is 8.03. The minimum atomic E-state index is -2.83. The number of alkyl halides is 2. The molecule has 4 heterocycles. The lowest BCUT2D eigenvalue weighted by Gasteiger charge is -2.12. The Morgan fingerprint density at radius 3 is 2.66 bits per heavy atom. The number of rotatable bonds is 8. The quantitative estimate of drug-likeness (QED) is 0.220. The number of hydrogen-bond donors (Lipinski definition) is 2. The first-order valence-electron chi connectivity index (χ1n) is 11.1. The van der Waals surface area contributed by atoms with Crippen LogP contribution in [0, 0.1) is 6.92 Å². The average molecular weight is 574 g/mol. The number of amides is 2. The Labute approximate surface area is 227 Å². The van der Waals surface area contributed by atoms with E-state index in [2.05, 4.69) is 15.4 Å². The van der Waals surface area contributed by atoms with Gasteiger partial charge >= 0.3 is 0 Å². The number of fused-ring (bicyclic) bond motifs is 1. The number of pyridine rings is 1. The van der Waals surface area contributed by atoms with Gasteiger partial charge in [0, 0.05) is 26.9 Å². The molecule has 8 nitrogen and oxygen atoms in total. The summed E-state index contributed by atoms with van der Waals surface area (Å²) in [6.45, 7) is 1.77. The maximum absolute atomic E-state index is 13.7. The highest BCUT2D eigenvalue weighted by atomic mass is 35.5. The van der Waals surface area contributed by atoms with Gasteiger partial charge in [-0.05, 0) is 43.3 Å². The van der Waals surface area contributed by atoms with Crippen LogP contribution in [-0.4, -0.2) is 26.6 Å². The number of ether oxygens (including phenoxy) is 1. The first-order valence-corrected chi connectivity index (χ1v) is 13.1. The largest absolute Gasteiger partial charge is 0.470 e. The van der Waals surface area contributed by atoms with Gasteiger partial charge in [0.05, 0.1) is 10.7 Å². The maximum atomic E-state index is 13.7. The fraction of sp³-hybridized carbons (Fsp3) is 0.120. The van der Waals surface area contributed by atoms with Gasteiger partial charge in [-0.25, -0.2) is 18.4 Å². The molecule has 1 aromatic carbocycles. The molecule has 0 fully saturated rings. The second-order valence-corrected chi connectivity index (χ2v) is 10.7. The zero-order valence-electron chi connectivity index (χ0n) is 19.6. The van der Waals surface area contributed by atoms with E-state index in [-0.39, 0.29) is 27.8 Å². The minimum absolute atomic E-state index is 0.0137. The van der Waals surface area contributed by atoms with Crippen LogP contribution in [0.2, 0.25) is 5.02 Å². The summed E-state index contributed by atoms with van der Waals surface area (Å²) in [5.74, 6) is -1.03. The van der Waals surface area contributed by atoms with E-state index >= 15 is 0 Å². The van der Waals surface area contributed by atoms with Crippen molar-refractivity contribution in [3.05, 3.63) is 80.9 Å². The molecule has 13 heteroatoms. The highest BCUT2D eigenvalue weighted by Crippen LogP contribution is 2.44. The van der Waals surface area contributed by atoms with Crippen molar-refractivity contribution in [3.63, 3.8) is 0 Å². The number of carbonyl (C=O) groups excluding carboxylic acids is 2. The van der Waals surface area contributed by atoms with Gasteiger partial charge in [-0.3, -0.25) is 9.59 Å². The smallest absolute Gasteiger partial charge is 0.280 e. The van der Waals surface area contributed by atoms with Gasteiger partial charge < -0.3 is 15.8 Å². The van der Waals surface area contributed by atoms with Gasteiger partial charge in [-0.15, -0.1) is 22.7 Å². The Balaban J connectivity index is 1.55. The van der Waals surface area contributed by atoms with Gasteiger partial charge in [0.25, 0.3) is 18.2 Å². The monoisotopic (exact) mass is 573 g/mol. The number of halogens is 3. The van der Waals surface area contributed by atoms with Crippen LogP contribution in [0.4, 0.5) is 14.5 Å². The number of hydrogen-bond acceptors (Lipinski definition) is 7. The number of aromatic nitrogens is 3. The van der Waals surface area contributed by atoms with Crippen molar-refractivity contribution >= 4 is 62.0 Å². The van der Waals surface area contributed by atoms with Crippen LogP contribution in [0.3, 0.4) is 0 Å². The van der Waals surface area contributed by atoms with Crippen molar-refractivity contribution < 1.29 is 23.1 Å². The number of anilines is 1. The average Bonchev–Trinajstić information content (AvgIpc) is 3.61. The van der Waals surface area contributed by atoms with E-state index in [9.17, 15) is 18.4 Å². The highest BCUT2D eigenvalue weighted by molar-refractivity contribution is 7.21. The molecule has 0 atom stereocenters. The predicted octanol–water partition coefficient (Wildman–Crippen LogP) is 6.51. The molecule has 194 valence electrons. The summed E-state index contributed by atoms with van der Waals surface area (Å²) in [5.41, 5.74) is 5.81. The van der Waals surface area contributed by atoms with E-state index < -0.39 is 23.9 Å². The summed E-state index contributed by atoms with van der Waals surface area (Å²) in [5, 5.41) is 7.62. The van der Waals surface area contributed by atoms with E-state index in [0.717, 1.165) is 16.2 Å². The zero-order valence-corrected chi connectivity index (χ0v) is 22.0. The summed E-state index contributed by atoms with van der Waals surface area (Å²) in [6, 6.07) is 13.2. The Hall–Kier alpha value is -3.87. The molecule has 4 aromatic heterocycles. The third-order valence-electron chi connectivity index (χ3n) is 5.50. The predicted molar refractivity (Wildman–Crippen MR) is 143 cm³/mol. The molecule has 5 aromatic rings. The van der Waals surface area contributed by atoms with E-state index in [4.69, 9.17) is 22.1 Å². The number of thiophene rings is 2. The molecule has 0 unspecified atom stereocenters. The van der Waals surface area contributed by atoms with Crippen molar-refractivity contribution in [2.45, 2.75) is 20.1 Å². The molecule has 0 saturated carbocycles. The topological polar surface area (TPSA) is 112 Å². The van der Waals surface area contributed by atoms with Crippen LogP contribution in [0.5, 0.6) is 5.75 Å². The third-order valence-corrected chi connectivity index (χ3v) is 7.95. The molecule has 0 aliphatic rings. The van der Waals surface area contributed by atoms with Gasteiger partial charge in [0.1, 0.15) is 26.8 Å². The standard InChI is InChI=1S/C25H18ClF2N5O3S2/c1-12-6-7-18(37-12)13-10-15(22(27)28)31-25-19(13)20(21(38-25)23(29)34)32-24(35)16-8-9-30-33(16)11-36-17-5-3-2-4-14(17)26/h2-10,22H,11H2,1H3,(H2,29,34)(H,32,35). The number of benzene rings is 1. The third kappa shape index (κ3) is 4.97. The fourth-order valence-electron chi connectivity index (χ4n) is 3.79. The van der Waals surface area contributed by atoms with Crippen LogP contribution in [0.1, 0.15) is 37.2 Å². The molecule has 0 aliphatic heterocycles. The Bertz CT molecular complexity index is 1680. The number of nitrogens with zero attached hydrogens (tertiary/aromatic N) is 3. The normalized spacial score (nSPS) is 11.3. The van der Waals surface area contributed by atoms with Gasteiger partial charge in [-0.1, -0.05) is 23.7 Å². The molecule has 0 radical (unpaired) electrons. The summed E-state index contributed by atoms with van der Waals surface area (Å²) in [7, 11) is 0. The molecule has 0 bridgehead atoms. The van der Waals surface area contributed by atoms with Crippen LogP contribution in [0.25, 0.3) is 20.7 Å². The van der Waals surface area contributed by atoms with Crippen molar-refractivity contribution in [1.29, 1.82) is 0 Å². The molecule has 0 aliphatic carbocycles. The molecule has 0 saturated heterocycles. The van der Waals surface area contributed by atoms with E-state index in [1.165, 1.54) is 34.3 Å². The summed E-state index contributed by atoms with van der Waals surface area (Å²) in [4.78, 5) is 31.6. The highest BCUT2D eigenvalue weighted by Gasteiger charge is 2.26. The van der Waals surface area contributed by atoms with Crippen LogP contribution >= 0.6 is 34.3 Å².